The zero-order valence-electron chi connectivity index (χ0n) is 18.4. The van der Waals surface area contributed by atoms with E-state index in [-0.39, 0.29) is 17.7 Å². The highest BCUT2D eigenvalue weighted by atomic mass is 35.5. The molecule has 1 unspecified atom stereocenters. The smallest absolute Gasteiger partial charge is 0.327 e. The maximum absolute atomic E-state index is 13.2. The summed E-state index contributed by atoms with van der Waals surface area (Å²) in [4.78, 5) is 29.5. The number of methoxy groups -OCH3 is 1. The van der Waals surface area contributed by atoms with Gasteiger partial charge >= 0.3 is 5.97 Å². The lowest BCUT2D eigenvalue weighted by Crippen LogP contribution is -2.51. The zero-order chi connectivity index (χ0) is 23.5. The average molecular weight is 471 g/mol. The second-order valence-electron chi connectivity index (χ2n) is 7.81. The van der Waals surface area contributed by atoms with Crippen molar-refractivity contribution < 1.29 is 18.7 Å². The van der Waals surface area contributed by atoms with E-state index in [0.29, 0.717) is 53.7 Å². The number of benzene rings is 2. The number of esters is 1. The molecule has 4 rings (SSSR count). The Morgan fingerprint density at radius 1 is 1.06 bits per heavy atom. The minimum Gasteiger partial charge on any atom is -0.468 e. The zero-order valence-corrected chi connectivity index (χ0v) is 19.1. The van der Waals surface area contributed by atoms with E-state index in [9.17, 15) is 14.0 Å². The fourth-order valence-electron chi connectivity index (χ4n) is 4.10. The predicted octanol–water partition coefficient (Wildman–Crippen LogP) is 3.65. The third-order valence-corrected chi connectivity index (χ3v) is 6.25. The van der Waals surface area contributed by atoms with E-state index in [1.54, 1.807) is 27.8 Å². The Kier molecular flexibility index (Phi) is 6.76. The van der Waals surface area contributed by atoms with E-state index in [4.69, 9.17) is 16.3 Å². The minimum atomic E-state index is -0.635. The maximum Gasteiger partial charge on any atom is 0.327 e. The fourth-order valence-corrected chi connectivity index (χ4v) is 4.34. The molecule has 0 N–H and O–H groups in total. The van der Waals surface area contributed by atoms with Crippen LogP contribution in [0.15, 0.2) is 54.7 Å². The number of carbonyl (C=O) groups is 2. The highest BCUT2D eigenvalue weighted by Gasteiger charge is 2.34. The van der Waals surface area contributed by atoms with Crippen LogP contribution in [0.3, 0.4) is 0 Å². The van der Waals surface area contributed by atoms with Crippen molar-refractivity contribution in [1.29, 1.82) is 0 Å². The molecule has 1 aromatic heterocycles. The molecule has 1 saturated heterocycles. The van der Waals surface area contributed by atoms with Crippen LogP contribution in [0.2, 0.25) is 5.02 Å². The number of hydrogen-bond acceptors (Lipinski definition) is 5. The summed E-state index contributed by atoms with van der Waals surface area (Å²) in [5.41, 5.74) is 2.53. The van der Waals surface area contributed by atoms with Crippen LogP contribution in [0.5, 0.6) is 0 Å². The quantitative estimate of drug-likeness (QED) is 0.532. The van der Waals surface area contributed by atoms with Gasteiger partial charge in [-0.2, -0.15) is 5.10 Å². The molecule has 33 heavy (non-hydrogen) atoms. The Hall–Kier alpha value is -3.23. The van der Waals surface area contributed by atoms with Crippen LogP contribution in [0.1, 0.15) is 27.7 Å². The molecular formula is C24H24ClFN4O3. The Morgan fingerprint density at radius 2 is 1.73 bits per heavy atom. The molecular weight excluding hydrogens is 447 g/mol. The van der Waals surface area contributed by atoms with Gasteiger partial charge in [0.05, 0.1) is 30.3 Å². The highest BCUT2D eigenvalue weighted by molar-refractivity contribution is 6.31. The normalized spacial score (nSPS) is 15.3. The van der Waals surface area contributed by atoms with Crippen LogP contribution < -0.4 is 0 Å². The fraction of sp³-hybridized carbons (Fsp3) is 0.292. The summed E-state index contributed by atoms with van der Waals surface area (Å²) >= 11 is 6.35. The number of piperazine rings is 1. The third kappa shape index (κ3) is 4.62. The van der Waals surface area contributed by atoms with Crippen LogP contribution in [0, 0.1) is 12.7 Å². The molecule has 0 bridgehead atoms. The molecule has 2 aromatic carbocycles. The van der Waals surface area contributed by atoms with Gasteiger partial charge in [0, 0.05) is 31.2 Å². The molecule has 0 radical (unpaired) electrons. The number of halogens is 2. The molecule has 0 saturated carbocycles. The van der Waals surface area contributed by atoms with Crippen molar-refractivity contribution in [2.45, 2.75) is 13.0 Å². The highest BCUT2D eigenvalue weighted by Crippen LogP contribution is 2.30. The molecule has 172 valence electrons. The molecule has 1 amide bonds. The van der Waals surface area contributed by atoms with Crippen LogP contribution in [-0.4, -0.2) is 64.7 Å². The van der Waals surface area contributed by atoms with Crippen LogP contribution in [0.25, 0.3) is 5.69 Å². The average Bonchev–Trinajstić information content (AvgIpc) is 3.22. The lowest BCUT2D eigenvalue weighted by atomic mass is 10.0. The number of ether oxygens (including phenoxy) is 1. The van der Waals surface area contributed by atoms with Gasteiger partial charge in [-0.25, -0.2) is 13.9 Å². The van der Waals surface area contributed by atoms with E-state index < -0.39 is 6.04 Å². The summed E-state index contributed by atoms with van der Waals surface area (Å²) in [6.07, 6.45) is 1.54. The van der Waals surface area contributed by atoms with E-state index in [2.05, 4.69) is 5.10 Å². The van der Waals surface area contributed by atoms with Crippen molar-refractivity contribution >= 4 is 23.5 Å². The van der Waals surface area contributed by atoms with Crippen molar-refractivity contribution in [3.8, 4) is 5.69 Å². The number of hydrogen-bond donors (Lipinski definition) is 0. The third-order valence-electron chi connectivity index (χ3n) is 5.90. The van der Waals surface area contributed by atoms with Gasteiger partial charge < -0.3 is 9.64 Å². The van der Waals surface area contributed by atoms with Gasteiger partial charge in [0.25, 0.3) is 5.91 Å². The maximum atomic E-state index is 13.2. The van der Waals surface area contributed by atoms with E-state index in [0.717, 1.165) is 0 Å². The van der Waals surface area contributed by atoms with Gasteiger partial charge in [0.1, 0.15) is 11.9 Å². The lowest BCUT2D eigenvalue weighted by Gasteiger charge is -2.38. The minimum absolute atomic E-state index is 0.132. The molecule has 0 spiro atoms. The predicted molar refractivity (Wildman–Crippen MR) is 122 cm³/mol. The lowest BCUT2D eigenvalue weighted by molar-refractivity contribution is -0.148. The van der Waals surface area contributed by atoms with E-state index >= 15 is 0 Å². The molecule has 1 fully saturated rings. The standard InChI is InChI=1S/C24H24ClFN4O3/c1-16-20(15-27-30(16)18-9-7-17(26)8-10-18)23(31)29-13-11-28(12-14-29)22(24(32)33-2)19-5-3-4-6-21(19)25/h3-10,15,22H,11-14H2,1-2H3. The number of rotatable bonds is 5. The monoisotopic (exact) mass is 470 g/mol. The van der Waals surface area contributed by atoms with Crippen molar-refractivity contribution in [1.82, 2.24) is 19.6 Å². The SMILES string of the molecule is COC(=O)C(c1ccccc1Cl)N1CCN(C(=O)c2cnn(-c3ccc(F)cc3)c2C)CC1. The molecule has 2 heterocycles. The molecule has 7 nitrogen and oxygen atoms in total. The van der Waals surface area contributed by atoms with Crippen LogP contribution >= 0.6 is 11.6 Å². The Bertz CT molecular complexity index is 1160. The van der Waals surface area contributed by atoms with Crippen LogP contribution in [0.4, 0.5) is 4.39 Å². The second kappa shape index (κ2) is 9.72. The number of nitrogens with zero attached hydrogens (tertiary/aromatic N) is 4. The van der Waals surface area contributed by atoms with Gasteiger partial charge in [0.15, 0.2) is 0 Å². The van der Waals surface area contributed by atoms with Gasteiger partial charge in [0.2, 0.25) is 0 Å². The first kappa shape index (κ1) is 22.9. The topological polar surface area (TPSA) is 67.7 Å². The molecule has 1 aliphatic heterocycles. The largest absolute Gasteiger partial charge is 0.468 e. The molecule has 9 heteroatoms. The molecule has 3 aromatic rings. The number of aromatic nitrogens is 2. The summed E-state index contributed by atoms with van der Waals surface area (Å²) in [7, 11) is 1.35. The summed E-state index contributed by atoms with van der Waals surface area (Å²) in [6.45, 7) is 3.67. The van der Waals surface area contributed by atoms with Gasteiger partial charge in [-0.05, 0) is 42.8 Å². The Labute approximate surface area is 196 Å². The summed E-state index contributed by atoms with van der Waals surface area (Å²) < 4.78 is 19.9. The second-order valence-corrected chi connectivity index (χ2v) is 8.21. The molecule has 1 aliphatic rings. The van der Waals surface area contributed by atoms with Crippen molar-refractivity contribution in [2.24, 2.45) is 0 Å². The van der Waals surface area contributed by atoms with Crippen molar-refractivity contribution in [3.63, 3.8) is 0 Å². The van der Waals surface area contributed by atoms with Crippen LogP contribution in [-0.2, 0) is 9.53 Å². The Balaban J connectivity index is 1.48. The van der Waals surface area contributed by atoms with Gasteiger partial charge in [-0.15, -0.1) is 0 Å². The number of amides is 1. The molecule has 0 aliphatic carbocycles. The first-order chi connectivity index (χ1) is 15.9. The summed E-state index contributed by atoms with van der Waals surface area (Å²) in [6, 6.07) is 12.5. The van der Waals surface area contributed by atoms with Gasteiger partial charge in [-0.1, -0.05) is 29.8 Å². The summed E-state index contributed by atoms with van der Waals surface area (Å²) in [5.74, 6) is -0.855. The van der Waals surface area contributed by atoms with Crippen molar-refractivity contribution in [3.05, 3.63) is 82.4 Å². The molecule has 1 atom stereocenters. The van der Waals surface area contributed by atoms with Gasteiger partial charge in [-0.3, -0.25) is 9.69 Å². The summed E-state index contributed by atoms with van der Waals surface area (Å²) in [5, 5.41) is 4.81. The van der Waals surface area contributed by atoms with E-state index in [1.807, 2.05) is 30.0 Å². The number of carbonyl (C=O) groups excluding carboxylic acids is 2. The first-order valence-electron chi connectivity index (χ1n) is 10.6. The van der Waals surface area contributed by atoms with Crippen molar-refractivity contribution in [2.75, 3.05) is 33.3 Å². The first-order valence-corrected chi connectivity index (χ1v) is 10.9. The van der Waals surface area contributed by atoms with E-state index in [1.165, 1.54) is 25.4 Å². The Morgan fingerprint density at radius 3 is 2.36 bits per heavy atom.